The molecule has 4 heteroatoms. The summed E-state index contributed by atoms with van der Waals surface area (Å²) in [5.41, 5.74) is 0. The molecule has 4 nitrogen and oxygen atoms in total. The summed E-state index contributed by atoms with van der Waals surface area (Å²) in [5.74, 6) is 0.338. The molecule has 2 N–H and O–H groups in total. The summed E-state index contributed by atoms with van der Waals surface area (Å²) >= 11 is 0. The molecule has 2 aliphatic rings. The van der Waals surface area contributed by atoms with Gasteiger partial charge in [0.2, 0.25) is 11.8 Å². The number of rotatable bonds is 3. The highest BCUT2D eigenvalue weighted by Gasteiger charge is 2.23. The first-order valence-electron chi connectivity index (χ1n) is 6.49. The summed E-state index contributed by atoms with van der Waals surface area (Å²) in [7, 11) is 0. The van der Waals surface area contributed by atoms with Crippen molar-refractivity contribution in [3.8, 4) is 0 Å². The molecule has 0 bridgehead atoms. The highest BCUT2D eigenvalue weighted by atomic mass is 16.2. The lowest BCUT2D eigenvalue weighted by Crippen LogP contribution is -2.45. The number of amides is 2. The monoisotopic (exact) mass is 236 g/mol. The van der Waals surface area contributed by atoms with E-state index in [0.29, 0.717) is 12.3 Å². The van der Waals surface area contributed by atoms with Gasteiger partial charge in [-0.3, -0.25) is 9.59 Å². The number of hydrogen-bond donors (Lipinski definition) is 2. The molecule has 1 aliphatic carbocycles. The van der Waals surface area contributed by atoms with Gasteiger partial charge in [-0.05, 0) is 38.0 Å². The second kappa shape index (κ2) is 5.84. The van der Waals surface area contributed by atoms with Crippen molar-refractivity contribution in [1.29, 1.82) is 0 Å². The molecule has 0 aromatic heterocycles. The van der Waals surface area contributed by atoms with E-state index in [2.05, 4.69) is 22.8 Å². The number of allylic oxidation sites excluding steroid dienone is 2. The topological polar surface area (TPSA) is 58.2 Å². The summed E-state index contributed by atoms with van der Waals surface area (Å²) in [6, 6.07) is -0.324. The smallest absolute Gasteiger partial charge is 0.242 e. The fraction of sp³-hybridized carbons (Fsp3) is 0.692. The van der Waals surface area contributed by atoms with Crippen LogP contribution in [0.15, 0.2) is 12.2 Å². The summed E-state index contributed by atoms with van der Waals surface area (Å²) in [6.07, 6.45) is 9.63. The van der Waals surface area contributed by atoms with Crippen LogP contribution in [0.3, 0.4) is 0 Å². The molecule has 1 fully saturated rings. The van der Waals surface area contributed by atoms with Crippen molar-refractivity contribution < 1.29 is 9.59 Å². The Balaban J connectivity index is 1.79. The third kappa shape index (κ3) is 3.58. The van der Waals surface area contributed by atoms with E-state index in [1.807, 2.05) is 0 Å². The van der Waals surface area contributed by atoms with Crippen LogP contribution >= 0.6 is 0 Å². The van der Waals surface area contributed by atoms with E-state index in [4.69, 9.17) is 0 Å². The summed E-state index contributed by atoms with van der Waals surface area (Å²) in [5, 5.41) is 5.68. The second-order valence-corrected chi connectivity index (χ2v) is 4.88. The van der Waals surface area contributed by atoms with Crippen LogP contribution in [0.25, 0.3) is 0 Å². The van der Waals surface area contributed by atoms with Gasteiger partial charge in [0.1, 0.15) is 6.04 Å². The number of carbonyl (C=O) groups is 2. The molecule has 2 atom stereocenters. The molecule has 1 saturated heterocycles. The Labute approximate surface area is 102 Å². The predicted molar refractivity (Wildman–Crippen MR) is 65.3 cm³/mol. The highest BCUT2D eigenvalue weighted by Crippen LogP contribution is 2.20. The van der Waals surface area contributed by atoms with E-state index < -0.39 is 0 Å². The third-order valence-corrected chi connectivity index (χ3v) is 3.43. The molecule has 17 heavy (non-hydrogen) atoms. The Kier molecular flexibility index (Phi) is 4.18. The summed E-state index contributed by atoms with van der Waals surface area (Å²) in [4.78, 5) is 23.4. The normalized spacial score (nSPS) is 28.6. The third-order valence-electron chi connectivity index (χ3n) is 3.43. The molecule has 1 aliphatic heterocycles. The van der Waals surface area contributed by atoms with Gasteiger partial charge in [0, 0.05) is 13.0 Å². The van der Waals surface area contributed by atoms with Gasteiger partial charge in [-0.1, -0.05) is 12.2 Å². The minimum Gasteiger partial charge on any atom is -0.354 e. The Hall–Kier alpha value is -1.32. The fourth-order valence-electron chi connectivity index (χ4n) is 2.43. The molecule has 1 heterocycles. The zero-order valence-corrected chi connectivity index (χ0v) is 10.1. The summed E-state index contributed by atoms with van der Waals surface area (Å²) < 4.78 is 0. The van der Waals surface area contributed by atoms with Crippen LogP contribution in [0, 0.1) is 5.92 Å². The number of hydrogen-bond acceptors (Lipinski definition) is 2. The van der Waals surface area contributed by atoms with Crippen LogP contribution in [0.4, 0.5) is 0 Å². The van der Waals surface area contributed by atoms with E-state index in [1.165, 1.54) is 0 Å². The van der Waals surface area contributed by atoms with Gasteiger partial charge in [-0.2, -0.15) is 0 Å². The average molecular weight is 236 g/mol. The van der Waals surface area contributed by atoms with Gasteiger partial charge in [-0.15, -0.1) is 0 Å². The maximum absolute atomic E-state index is 11.8. The number of carbonyl (C=O) groups excluding carboxylic acids is 2. The SMILES string of the molecule is O=C(CC1C=CCC1)NC1CCCCNC1=O. The minimum absolute atomic E-state index is 0.00333. The van der Waals surface area contributed by atoms with Crippen molar-refractivity contribution in [1.82, 2.24) is 10.6 Å². The van der Waals surface area contributed by atoms with Crippen LogP contribution in [0.5, 0.6) is 0 Å². The van der Waals surface area contributed by atoms with E-state index in [1.54, 1.807) is 0 Å². The maximum Gasteiger partial charge on any atom is 0.242 e. The Morgan fingerprint density at radius 2 is 2.29 bits per heavy atom. The van der Waals surface area contributed by atoms with Gasteiger partial charge in [0.05, 0.1) is 0 Å². The van der Waals surface area contributed by atoms with Crippen LogP contribution in [0.2, 0.25) is 0 Å². The van der Waals surface area contributed by atoms with Crippen molar-refractivity contribution in [2.24, 2.45) is 5.92 Å². The largest absolute Gasteiger partial charge is 0.354 e. The molecule has 94 valence electrons. The first kappa shape index (κ1) is 12.1. The van der Waals surface area contributed by atoms with E-state index >= 15 is 0 Å². The van der Waals surface area contributed by atoms with E-state index in [0.717, 1.165) is 38.6 Å². The highest BCUT2D eigenvalue weighted by molar-refractivity contribution is 5.87. The molecule has 0 spiro atoms. The minimum atomic E-state index is -0.324. The van der Waals surface area contributed by atoms with Gasteiger partial charge >= 0.3 is 0 Å². The lowest BCUT2D eigenvalue weighted by atomic mass is 10.0. The molecule has 2 amide bonds. The fourth-order valence-corrected chi connectivity index (χ4v) is 2.43. The zero-order chi connectivity index (χ0) is 12.1. The van der Waals surface area contributed by atoms with Crippen molar-refractivity contribution in [2.75, 3.05) is 6.54 Å². The lowest BCUT2D eigenvalue weighted by molar-refractivity contribution is -0.129. The van der Waals surface area contributed by atoms with E-state index in [-0.39, 0.29) is 17.9 Å². The first-order chi connectivity index (χ1) is 8.25. The predicted octanol–water partition coefficient (Wildman–Crippen LogP) is 1.13. The number of nitrogens with one attached hydrogen (secondary N) is 2. The Morgan fingerprint density at radius 1 is 1.41 bits per heavy atom. The van der Waals surface area contributed by atoms with Crippen molar-refractivity contribution in [3.05, 3.63) is 12.2 Å². The molecule has 0 radical (unpaired) electrons. The van der Waals surface area contributed by atoms with Gasteiger partial charge in [0.15, 0.2) is 0 Å². The van der Waals surface area contributed by atoms with Crippen LogP contribution < -0.4 is 10.6 Å². The Morgan fingerprint density at radius 3 is 3.06 bits per heavy atom. The molecule has 2 rings (SSSR count). The zero-order valence-electron chi connectivity index (χ0n) is 10.1. The lowest BCUT2D eigenvalue weighted by Gasteiger charge is -2.16. The van der Waals surface area contributed by atoms with Gasteiger partial charge in [-0.25, -0.2) is 0 Å². The van der Waals surface area contributed by atoms with Crippen molar-refractivity contribution in [2.45, 2.75) is 44.6 Å². The maximum atomic E-state index is 11.8. The first-order valence-corrected chi connectivity index (χ1v) is 6.49. The van der Waals surface area contributed by atoms with Crippen molar-refractivity contribution in [3.63, 3.8) is 0 Å². The van der Waals surface area contributed by atoms with Crippen LogP contribution in [-0.2, 0) is 9.59 Å². The van der Waals surface area contributed by atoms with Crippen LogP contribution in [0.1, 0.15) is 38.5 Å². The second-order valence-electron chi connectivity index (χ2n) is 4.88. The standard InChI is InChI=1S/C13H20N2O2/c16-12(9-10-5-1-2-6-10)15-11-7-3-4-8-14-13(11)17/h1,5,10-11H,2-4,6-9H2,(H,14,17)(H,15,16). The Bertz CT molecular complexity index is 325. The quantitative estimate of drug-likeness (QED) is 0.722. The molecule has 2 unspecified atom stereocenters. The average Bonchev–Trinajstić information content (AvgIpc) is 2.71. The molecular weight excluding hydrogens is 216 g/mol. The molecule has 0 aromatic rings. The van der Waals surface area contributed by atoms with E-state index in [9.17, 15) is 9.59 Å². The van der Waals surface area contributed by atoms with Gasteiger partial charge < -0.3 is 10.6 Å². The summed E-state index contributed by atoms with van der Waals surface area (Å²) in [6.45, 7) is 0.733. The van der Waals surface area contributed by atoms with Crippen molar-refractivity contribution >= 4 is 11.8 Å². The van der Waals surface area contributed by atoms with Gasteiger partial charge in [0.25, 0.3) is 0 Å². The molecular formula is C13H20N2O2. The molecule has 0 saturated carbocycles. The molecule has 0 aromatic carbocycles. The van der Waals surface area contributed by atoms with Crippen LogP contribution in [-0.4, -0.2) is 24.4 Å².